The van der Waals surface area contributed by atoms with Crippen LogP contribution in [-0.2, 0) is 10.0 Å². The van der Waals surface area contributed by atoms with Crippen LogP contribution < -0.4 is 19.5 Å². The molecule has 2 aromatic carbocycles. The minimum atomic E-state index is -3.61. The van der Waals surface area contributed by atoms with Crippen molar-refractivity contribution in [1.29, 1.82) is 0 Å². The molecule has 0 heterocycles. The molecular formula is C19H21ClN2O5S. The van der Waals surface area contributed by atoms with Crippen LogP contribution >= 0.6 is 11.6 Å². The average Bonchev–Trinajstić information content (AvgIpc) is 3.46. The van der Waals surface area contributed by atoms with Crippen molar-refractivity contribution in [2.75, 3.05) is 19.0 Å². The second-order valence-corrected chi connectivity index (χ2v) is 8.42. The monoisotopic (exact) mass is 424 g/mol. The summed E-state index contributed by atoms with van der Waals surface area (Å²) in [5.74, 6) is 0.250. The van der Waals surface area contributed by atoms with Gasteiger partial charge in [-0.3, -0.25) is 4.79 Å². The number of nitrogens with one attached hydrogen (secondary N) is 2. The lowest BCUT2D eigenvalue weighted by atomic mass is 10.1. The van der Waals surface area contributed by atoms with Crippen molar-refractivity contribution in [2.45, 2.75) is 30.7 Å². The zero-order valence-corrected chi connectivity index (χ0v) is 17.1. The number of rotatable bonds is 8. The van der Waals surface area contributed by atoms with E-state index in [0.29, 0.717) is 23.8 Å². The Morgan fingerprint density at radius 1 is 1.25 bits per heavy atom. The molecule has 0 bridgehead atoms. The molecule has 0 atom stereocenters. The van der Waals surface area contributed by atoms with Crippen molar-refractivity contribution < 1.29 is 22.7 Å². The zero-order chi connectivity index (χ0) is 20.3. The van der Waals surface area contributed by atoms with E-state index in [-0.39, 0.29) is 21.5 Å². The normalized spacial score (nSPS) is 13.8. The van der Waals surface area contributed by atoms with Gasteiger partial charge in [0.05, 0.1) is 23.6 Å². The average molecular weight is 425 g/mol. The predicted octanol–water partition coefficient (Wildman–Crippen LogP) is 3.44. The van der Waals surface area contributed by atoms with Gasteiger partial charge in [-0.2, -0.15) is 0 Å². The van der Waals surface area contributed by atoms with Gasteiger partial charge in [0.1, 0.15) is 0 Å². The van der Waals surface area contributed by atoms with Gasteiger partial charge in [0.25, 0.3) is 5.91 Å². The lowest BCUT2D eigenvalue weighted by Crippen LogP contribution is -2.25. The van der Waals surface area contributed by atoms with E-state index in [0.717, 1.165) is 12.8 Å². The van der Waals surface area contributed by atoms with Gasteiger partial charge in [0, 0.05) is 17.3 Å². The number of anilines is 1. The molecule has 1 amide bonds. The zero-order valence-electron chi connectivity index (χ0n) is 15.5. The van der Waals surface area contributed by atoms with Crippen LogP contribution in [0.25, 0.3) is 0 Å². The molecule has 0 spiro atoms. The molecule has 2 N–H and O–H groups in total. The van der Waals surface area contributed by atoms with E-state index in [2.05, 4.69) is 10.0 Å². The SMILES string of the molecule is CCOc1c(Cl)cc(C(=O)Nc2cccc(S(=O)(=O)NC3CC3)c2)cc1OC. The first kappa shape index (κ1) is 20.4. The lowest BCUT2D eigenvalue weighted by Gasteiger charge is -2.13. The van der Waals surface area contributed by atoms with Crippen molar-refractivity contribution in [3.63, 3.8) is 0 Å². The molecule has 1 aliphatic rings. The Balaban J connectivity index is 1.81. The fraction of sp³-hybridized carbons (Fsp3) is 0.316. The van der Waals surface area contributed by atoms with Crippen LogP contribution in [0.1, 0.15) is 30.1 Å². The fourth-order valence-corrected chi connectivity index (χ4v) is 4.18. The summed E-state index contributed by atoms with van der Waals surface area (Å²) in [6, 6.07) is 9.07. The van der Waals surface area contributed by atoms with Crippen LogP contribution in [0.15, 0.2) is 41.3 Å². The highest BCUT2D eigenvalue weighted by Gasteiger charge is 2.28. The second kappa shape index (κ2) is 8.38. The summed E-state index contributed by atoms with van der Waals surface area (Å²) in [6.45, 7) is 2.22. The largest absolute Gasteiger partial charge is 0.493 e. The minimum absolute atomic E-state index is 0.00158. The molecule has 0 saturated heterocycles. The number of carbonyl (C=O) groups excluding carboxylic acids is 1. The van der Waals surface area contributed by atoms with E-state index in [1.807, 2.05) is 6.92 Å². The van der Waals surface area contributed by atoms with Crippen molar-refractivity contribution in [3.05, 3.63) is 47.0 Å². The number of amides is 1. The summed E-state index contributed by atoms with van der Waals surface area (Å²) in [5, 5.41) is 2.93. The van der Waals surface area contributed by atoms with Crippen LogP contribution in [0.4, 0.5) is 5.69 Å². The van der Waals surface area contributed by atoms with Crippen LogP contribution in [0.3, 0.4) is 0 Å². The summed E-state index contributed by atoms with van der Waals surface area (Å²) < 4.78 is 38.0. The third kappa shape index (κ3) is 4.76. The van der Waals surface area contributed by atoms with E-state index in [1.54, 1.807) is 12.1 Å². The quantitative estimate of drug-likeness (QED) is 0.677. The number of sulfonamides is 1. The van der Waals surface area contributed by atoms with E-state index in [4.69, 9.17) is 21.1 Å². The number of hydrogen-bond acceptors (Lipinski definition) is 5. The Kier molecular flexibility index (Phi) is 6.12. The third-order valence-electron chi connectivity index (χ3n) is 4.08. The molecule has 0 aliphatic heterocycles. The molecule has 1 aliphatic carbocycles. The molecule has 9 heteroatoms. The summed E-state index contributed by atoms with van der Waals surface area (Å²) in [6.07, 6.45) is 1.69. The molecule has 0 aromatic heterocycles. The van der Waals surface area contributed by atoms with Crippen molar-refractivity contribution in [2.24, 2.45) is 0 Å². The Hall–Kier alpha value is -2.29. The van der Waals surface area contributed by atoms with Gasteiger partial charge >= 0.3 is 0 Å². The van der Waals surface area contributed by atoms with Crippen LogP contribution in [0, 0.1) is 0 Å². The molecule has 1 saturated carbocycles. The van der Waals surface area contributed by atoms with Crippen molar-refractivity contribution >= 4 is 33.2 Å². The third-order valence-corrected chi connectivity index (χ3v) is 5.88. The molecular weight excluding hydrogens is 404 g/mol. The highest BCUT2D eigenvalue weighted by atomic mass is 35.5. The maximum absolute atomic E-state index is 12.6. The minimum Gasteiger partial charge on any atom is -0.493 e. The molecule has 28 heavy (non-hydrogen) atoms. The number of methoxy groups -OCH3 is 1. The molecule has 0 unspecified atom stereocenters. The van der Waals surface area contributed by atoms with Crippen molar-refractivity contribution in [1.82, 2.24) is 4.72 Å². The first-order valence-corrected chi connectivity index (χ1v) is 10.6. The Bertz CT molecular complexity index is 990. The first-order valence-electron chi connectivity index (χ1n) is 8.78. The number of carbonyl (C=O) groups is 1. The van der Waals surface area contributed by atoms with Crippen LogP contribution in [-0.4, -0.2) is 34.1 Å². The molecule has 1 fully saturated rings. The number of ether oxygens (including phenoxy) is 2. The lowest BCUT2D eigenvalue weighted by molar-refractivity contribution is 0.102. The van der Waals surface area contributed by atoms with E-state index in [9.17, 15) is 13.2 Å². The first-order chi connectivity index (χ1) is 13.3. The maximum Gasteiger partial charge on any atom is 0.255 e. The second-order valence-electron chi connectivity index (χ2n) is 6.30. The van der Waals surface area contributed by atoms with Gasteiger partial charge in [0.15, 0.2) is 11.5 Å². The summed E-state index contributed by atoms with van der Waals surface area (Å²) >= 11 is 6.21. The van der Waals surface area contributed by atoms with Crippen LogP contribution in [0.5, 0.6) is 11.5 Å². The van der Waals surface area contributed by atoms with E-state index < -0.39 is 15.9 Å². The molecule has 2 aromatic rings. The molecule has 0 radical (unpaired) electrons. The Morgan fingerprint density at radius 2 is 2.00 bits per heavy atom. The van der Waals surface area contributed by atoms with E-state index >= 15 is 0 Å². The molecule has 150 valence electrons. The molecule has 3 rings (SSSR count). The Morgan fingerprint density at radius 3 is 2.64 bits per heavy atom. The number of benzene rings is 2. The summed E-state index contributed by atoms with van der Waals surface area (Å²) in [4.78, 5) is 12.7. The number of halogens is 1. The Labute approximate surface area is 169 Å². The fourth-order valence-electron chi connectivity index (χ4n) is 2.57. The van der Waals surface area contributed by atoms with Gasteiger partial charge in [-0.1, -0.05) is 17.7 Å². The maximum atomic E-state index is 12.6. The van der Waals surface area contributed by atoms with Crippen molar-refractivity contribution in [3.8, 4) is 11.5 Å². The van der Waals surface area contributed by atoms with Gasteiger partial charge in [0.2, 0.25) is 10.0 Å². The highest BCUT2D eigenvalue weighted by molar-refractivity contribution is 7.89. The van der Waals surface area contributed by atoms with Gasteiger partial charge in [-0.15, -0.1) is 0 Å². The predicted molar refractivity (Wildman–Crippen MR) is 107 cm³/mol. The summed E-state index contributed by atoms with van der Waals surface area (Å²) in [5.41, 5.74) is 0.613. The van der Waals surface area contributed by atoms with Gasteiger partial charge in [-0.25, -0.2) is 13.1 Å². The topological polar surface area (TPSA) is 93.7 Å². The standard InChI is InChI=1S/C19H21ClN2O5S/c1-3-27-18-16(20)9-12(10-17(18)26-2)19(23)21-14-5-4-6-15(11-14)28(24,25)22-13-7-8-13/h4-6,9-11,13,22H,3,7-8H2,1-2H3,(H,21,23). The van der Waals surface area contributed by atoms with Gasteiger partial charge < -0.3 is 14.8 Å². The smallest absolute Gasteiger partial charge is 0.255 e. The van der Waals surface area contributed by atoms with Gasteiger partial charge in [-0.05, 0) is 50.1 Å². The number of hydrogen-bond donors (Lipinski definition) is 2. The highest BCUT2D eigenvalue weighted by Crippen LogP contribution is 2.36. The van der Waals surface area contributed by atoms with E-state index in [1.165, 1.54) is 31.4 Å². The molecule has 7 nitrogen and oxygen atoms in total. The summed E-state index contributed by atoms with van der Waals surface area (Å²) in [7, 11) is -2.15. The van der Waals surface area contributed by atoms with Crippen LogP contribution in [0.2, 0.25) is 5.02 Å².